The largest absolute Gasteiger partial charge is 0.396 e. The highest BCUT2D eigenvalue weighted by Gasteiger charge is 2.05. The van der Waals surface area contributed by atoms with Gasteiger partial charge in [-0.15, -0.1) is 0 Å². The Kier molecular flexibility index (Phi) is 2.82. The number of hydrogen-bond acceptors (Lipinski definition) is 1. The van der Waals surface area contributed by atoms with Crippen LogP contribution in [0.25, 0.3) is 0 Å². The first-order valence-corrected chi connectivity index (χ1v) is 3.84. The number of hydrogen-bond donors (Lipinski definition) is 1. The summed E-state index contributed by atoms with van der Waals surface area (Å²) in [5.74, 6) is -0.508. The Hall–Kier alpha value is -0.890. The predicted molar refractivity (Wildman–Crippen MR) is 46.3 cm³/mol. The standard InChI is InChI=1S/C10H12FO/c1-7-3-9(8(2)6-12)5-10(11)4-7/h3-5,8,12H,2,6H2,1H3. The van der Waals surface area contributed by atoms with E-state index in [1.165, 1.54) is 12.1 Å². The van der Waals surface area contributed by atoms with Crippen LogP contribution in [-0.2, 0) is 0 Å². The van der Waals surface area contributed by atoms with E-state index in [1.54, 1.807) is 0 Å². The van der Waals surface area contributed by atoms with Gasteiger partial charge in [-0.2, -0.15) is 0 Å². The molecule has 1 rings (SSSR count). The minimum absolute atomic E-state index is 0.0527. The molecule has 0 aliphatic rings. The second-order valence-electron chi connectivity index (χ2n) is 2.94. The van der Waals surface area contributed by atoms with E-state index in [0.717, 1.165) is 11.1 Å². The predicted octanol–water partition coefficient (Wildman–Crippen LogP) is 2.04. The zero-order valence-corrected chi connectivity index (χ0v) is 7.05. The smallest absolute Gasteiger partial charge is 0.123 e. The lowest BCUT2D eigenvalue weighted by molar-refractivity contribution is 0.282. The fraction of sp³-hybridized carbons (Fsp3) is 0.300. The van der Waals surface area contributed by atoms with E-state index in [4.69, 9.17) is 5.11 Å². The van der Waals surface area contributed by atoms with Gasteiger partial charge < -0.3 is 5.11 Å². The first-order valence-electron chi connectivity index (χ1n) is 3.84. The average Bonchev–Trinajstić information content (AvgIpc) is 2.01. The molecule has 0 heterocycles. The summed E-state index contributed by atoms with van der Waals surface area (Å²) in [6.07, 6.45) is 0. The molecule has 0 aromatic heterocycles. The molecule has 65 valence electrons. The molecule has 0 amide bonds. The summed E-state index contributed by atoms with van der Waals surface area (Å²) in [4.78, 5) is 0. The van der Waals surface area contributed by atoms with Crippen LogP contribution >= 0.6 is 0 Å². The Bertz CT molecular complexity index is 250. The van der Waals surface area contributed by atoms with Gasteiger partial charge in [-0.3, -0.25) is 0 Å². The normalized spacial score (nSPS) is 13.0. The van der Waals surface area contributed by atoms with Crippen molar-refractivity contribution < 1.29 is 9.50 Å². The van der Waals surface area contributed by atoms with E-state index >= 15 is 0 Å². The SMILES string of the molecule is [CH2]C(CO)c1cc(C)cc(F)c1. The van der Waals surface area contributed by atoms with Gasteiger partial charge in [0.2, 0.25) is 0 Å². The Balaban J connectivity index is 3.00. The maximum atomic E-state index is 12.8. The molecule has 0 bridgehead atoms. The number of halogens is 1. The third-order valence-corrected chi connectivity index (χ3v) is 1.76. The topological polar surface area (TPSA) is 20.2 Å². The fourth-order valence-corrected chi connectivity index (χ4v) is 1.11. The van der Waals surface area contributed by atoms with E-state index in [2.05, 4.69) is 6.92 Å². The highest BCUT2D eigenvalue weighted by atomic mass is 19.1. The molecule has 1 nitrogen and oxygen atoms in total. The number of aliphatic hydroxyl groups is 1. The highest BCUT2D eigenvalue weighted by molar-refractivity contribution is 5.27. The molecule has 12 heavy (non-hydrogen) atoms. The molecule has 0 aliphatic heterocycles. The second kappa shape index (κ2) is 3.68. The highest BCUT2D eigenvalue weighted by Crippen LogP contribution is 2.16. The van der Waals surface area contributed by atoms with Crippen LogP contribution in [0.2, 0.25) is 0 Å². The minimum atomic E-state index is -0.271. The van der Waals surface area contributed by atoms with Crippen molar-refractivity contribution in [2.75, 3.05) is 6.61 Å². The first kappa shape index (κ1) is 9.20. The van der Waals surface area contributed by atoms with Crippen LogP contribution < -0.4 is 0 Å². The average molecular weight is 167 g/mol. The van der Waals surface area contributed by atoms with Gasteiger partial charge in [0.15, 0.2) is 0 Å². The van der Waals surface area contributed by atoms with Crippen LogP contribution in [0, 0.1) is 19.7 Å². The van der Waals surface area contributed by atoms with Gasteiger partial charge in [-0.1, -0.05) is 6.07 Å². The number of aliphatic hydroxyl groups excluding tert-OH is 1. The quantitative estimate of drug-likeness (QED) is 0.714. The molecule has 1 aromatic carbocycles. The summed E-state index contributed by atoms with van der Waals surface area (Å²) < 4.78 is 12.8. The molecule has 2 heteroatoms. The van der Waals surface area contributed by atoms with Crippen molar-refractivity contribution in [2.24, 2.45) is 0 Å². The lowest BCUT2D eigenvalue weighted by atomic mass is 10.0. The zero-order chi connectivity index (χ0) is 9.14. The van der Waals surface area contributed by atoms with Crippen molar-refractivity contribution in [2.45, 2.75) is 12.8 Å². The lowest BCUT2D eigenvalue weighted by Crippen LogP contribution is -2.00. The van der Waals surface area contributed by atoms with E-state index in [0.29, 0.717) is 0 Å². The maximum absolute atomic E-state index is 12.8. The summed E-state index contributed by atoms with van der Waals surface area (Å²) in [6, 6.07) is 4.69. The van der Waals surface area contributed by atoms with Crippen molar-refractivity contribution in [3.05, 3.63) is 42.1 Å². The Morgan fingerprint density at radius 1 is 1.50 bits per heavy atom. The first-order chi connectivity index (χ1) is 5.63. The van der Waals surface area contributed by atoms with E-state index in [1.807, 2.05) is 13.0 Å². The second-order valence-corrected chi connectivity index (χ2v) is 2.94. The van der Waals surface area contributed by atoms with Crippen LogP contribution in [0.15, 0.2) is 18.2 Å². The van der Waals surface area contributed by atoms with Gasteiger partial charge in [0.1, 0.15) is 5.82 Å². The van der Waals surface area contributed by atoms with Crippen molar-refractivity contribution in [3.8, 4) is 0 Å². The number of aryl methyl sites for hydroxylation is 1. The van der Waals surface area contributed by atoms with Crippen molar-refractivity contribution in [3.63, 3.8) is 0 Å². The third kappa shape index (κ3) is 2.05. The van der Waals surface area contributed by atoms with Gasteiger partial charge in [-0.05, 0) is 37.1 Å². The zero-order valence-electron chi connectivity index (χ0n) is 7.05. The van der Waals surface area contributed by atoms with Gasteiger partial charge in [0.05, 0.1) is 0 Å². The van der Waals surface area contributed by atoms with Crippen LogP contribution in [-0.4, -0.2) is 11.7 Å². The van der Waals surface area contributed by atoms with E-state index in [-0.39, 0.29) is 18.3 Å². The van der Waals surface area contributed by atoms with Crippen LogP contribution in [0.1, 0.15) is 17.0 Å². The molecule has 1 unspecified atom stereocenters. The molecule has 1 atom stereocenters. The lowest BCUT2D eigenvalue weighted by Gasteiger charge is -2.08. The number of benzene rings is 1. The monoisotopic (exact) mass is 167 g/mol. The van der Waals surface area contributed by atoms with Gasteiger partial charge >= 0.3 is 0 Å². The maximum Gasteiger partial charge on any atom is 0.123 e. The summed E-state index contributed by atoms with van der Waals surface area (Å²) in [6.45, 7) is 5.46. The summed E-state index contributed by atoms with van der Waals surface area (Å²) in [7, 11) is 0. The molecule has 0 saturated carbocycles. The number of rotatable bonds is 2. The summed E-state index contributed by atoms with van der Waals surface area (Å²) in [5, 5.41) is 8.79. The molecule has 0 fully saturated rings. The Morgan fingerprint density at radius 2 is 2.17 bits per heavy atom. The Morgan fingerprint density at radius 3 is 2.67 bits per heavy atom. The van der Waals surface area contributed by atoms with E-state index < -0.39 is 0 Å². The molecule has 0 spiro atoms. The van der Waals surface area contributed by atoms with Crippen molar-refractivity contribution in [1.82, 2.24) is 0 Å². The van der Waals surface area contributed by atoms with Gasteiger partial charge in [0.25, 0.3) is 0 Å². The molecular weight excluding hydrogens is 155 g/mol. The molecular formula is C10H12FO. The third-order valence-electron chi connectivity index (χ3n) is 1.76. The van der Waals surface area contributed by atoms with Gasteiger partial charge in [-0.25, -0.2) is 4.39 Å². The minimum Gasteiger partial charge on any atom is -0.396 e. The molecule has 0 saturated heterocycles. The van der Waals surface area contributed by atoms with Crippen LogP contribution in [0.4, 0.5) is 4.39 Å². The summed E-state index contributed by atoms with van der Waals surface area (Å²) in [5.41, 5.74) is 1.60. The van der Waals surface area contributed by atoms with Gasteiger partial charge in [0, 0.05) is 12.5 Å². The molecule has 0 aliphatic carbocycles. The fourth-order valence-electron chi connectivity index (χ4n) is 1.11. The van der Waals surface area contributed by atoms with Crippen LogP contribution in [0.3, 0.4) is 0 Å². The van der Waals surface area contributed by atoms with E-state index in [9.17, 15) is 4.39 Å². The molecule has 1 N–H and O–H groups in total. The molecule has 1 radical (unpaired) electrons. The molecule has 1 aromatic rings. The summed E-state index contributed by atoms with van der Waals surface area (Å²) >= 11 is 0. The van der Waals surface area contributed by atoms with Crippen molar-refractivity contribution in [1.29, 1.82) is 0 Å². The Labute approximate surface area is 71.9 Å². The van der Waals surface area contributed by atoms with Crippen LogP contribution in [0.5, 0.6) is 0 Å². The van der Waals surface area contributed by atoms with Crippen molar-refractivity contribution >= 4 is 0 Å².